The fourth-order valence-corrected chi connectivity index (χ4v) is 2.24. The summed E-state index contributed by atoms with van der Waals surface area (Å²) in [6.45, 7) is 1.91. The summed E-state index contributed by atoms with van der Waals surface area (Å²) in [6, 6.07) is 6.11. The zero-order valence-electron chi connectivity index (χ0n) is 13.0. The molecular weight excluding hydrogens is 300 g/mol. The van der Waals surface area contributed by atoms with Crippen LogP contribution >= 0.6 is 0 Å². The van der Waals surface area contributed by atoms with Gasteiger partial charge in [0.2, 0.25) is 5.91 Å². The van der Waals surface area contributed by atoms with Gasteiger partial charge in [0.15, 0.2) is 0 Å². The van der Waals surface area contributed by atoms with Crippen molar-refractivity contribution in [3.8, 4) is 5.75 Å². The maximum Gasteiger partial charge on any atom is 0.513 e. The predicted octanol–water partition coefficient (Wildman–Crippen LogP) is 1.97. The number of hydrogen-bond acceptors (Lipinski definition) is 5. The van der Waals surface area contributed by atoms with Gasteiger partial charge in [-0.1, -0.05) is 0 Å². The molecule has 23 heavy (non-hydrogen) atoms. The fraction of sp³-hybridized carbons (Fsp3) is 0.438. The molecule has 1 aliphatic rings. The van der Waals surface area contributed by atoms with Crippen molar-refractivity contribution in [1.29, 1.82) is 0 Å². The average Bonchev–Trinajstić information content (AvgIpc) is 2.72. The van der Waals surface area contributed by atoms with E-state index in [1.807, 2.05) is 0 Å². The minimum atomic E-state index is -0.786. The van der Waals surface area contributed by atoms with Crippen molar-refractivity contribution in [3.63, 3.8) is 0 Å². The first-order valence-electron chi connectivity index (χ1n) is 7.63. The van der Waals surface area contributed by atoms with Gasteiger partial charge in [0, 0.05) is 12.0 Å². The van der Waals surface area contributed by atoms with E-state index in [4.69, 9.17) is 4.74 Å². The van der Waals surface area contributed by atoms with Crippen molar-refractivity contribution >= 4 is 18.0 Å². The second-order valence-electron chi connectivity index (χ2n) is 5.15. The minimum Gasteiger partial charge on any atom is -0.434 e. The summed E-state index contributed by atoms with van der Waals surface area (Å²) in [5.74, 6) is -0.0476. The number of carbonyl (C=O) groups is 3. The molecule has 1 unspecified atom stereocenters. The highest BCUT2D eigenvalue weighted by molar-refractivity contribution is 5.94. The Labute approximate surface area is 134 Å². The van der Waals surface area contributed by atoms with Crippen LogP contribution in [0.1, 0.15) is 43.0 Å². The smallest absolute Gasteiger partial charge is 0.434 e. The van der Waals surface area contributed by atoms with Gasteiger partial charge in [-0.2, -0.15) is 0 Å². The molecule has 1 fully saturated rings. The fourth-order valence-electron chi connectivity index (χ4n) is 2.24. The standard InChI is InChI=1S/C16H20N2O5/c1-2-22-16(21)23-12-9-7-11(8-10-12)15(20)18-13-5-3-4-6-14(19)17-13/h7-10,13H,2-6H2,1H3,(H,17,19)(H,18,20). The van der Waals surface area contributed by atoms with Gasteiger partial charge < -0.3 is 20.1 Å². The Bertz CT molecular complexity index is 570. The van der Waals surface area contributed by atoms with Gasteiger partial charge >= 0.3 is 6.16 Å². The van der Waals surface area contributed by atoms with Gasteiger partial charge in [-0.3, -0.25) is 9.59 Å². The van der Waals surface area contributed by atoms with E-state index < -0.39 is 6.16 Å². The van der Waals surface area contributed by atoms with Gasteiger partial charge in [0.1, 0.15) is 11.9 Å². The predicted molar refractivity (Wildman–Crippen MR) is 82.0 cm³/mol. The maximum absolute atomic E-state index is 12.2. The van der Waals surface area contributed by atoms with Crippen LogP contribution in [0.15, 0.2) is 24.3 Å². The lowest BCUT2D eigenvalue weighted by Gasteiger charge is -2.17. The van der Waals surface area contributed by atoms with Crippen LogP contribution in [0.2, 0.25) is 0 Å². The first-order chi connectivity index (χ1) is 11.1. The van der Waals surface area contributed by atoms with E-state index in [1.54, 1.807) is 19.1 Å². The largest absolute Gasteiger partial charge is 0.513 e. The quantitative estimate of drug-likeness (QED) is 0.653. The molecule has 2 rings (SSSR count). The first-order valence-corrected chi connectivity index (χ1v) is 7.63. The Morgan fingerprint density at radius 2 is 2.00 bits per heavy atom. The molecule has 2 N–H and O–H groups in total. The summed E-state index contributed by atoms with van der Waals surface area (Å²) >= 11 is 0. The lowest BCUT2D eigenvalue weighted by Crippen LogP contribution is -2.46. The van der Waals surface area contributed by atoms with Crippen LogP contribution in [-0.4, -0.2) is 30.7 Å². The molecule has 0 saturated carbocycles. The number of nitrogens with one attached hydrogen (secondary N) is 2. The molecule has 7 nitrogen and oxygen atoms in total. The van der Waals surface area contributed by atoms with E-state index in [0.717, 1.165) is 12.8 Å². The molecule has 1 aromatic rings. The molecule has 7 heteroatoms. The summed E-state index contributed by atoms with van der Waals surface area (Å²) in [6.07, 6.45) is 1.78. The van der Waals surface area contributed by atoms with Crippen molar-refractivity contribution in [2.75, 3.05) is 6.61 Å². The van der Waals surface area contributed by atoms with Gasteiger partial charge in [0.05, 0.1) is 6.61 Å². The Morgan fingerprint density at radius 3 is 2.70 bits per heavy atom. The third-order valence-corrected chi connectivity index (χ3v) is 3.37. The van der Waals surface area contributed by atoms with Crippen LogP contribution in [0, 0.1) is 0 Å². The molecule has 1 saturated heterocycles. The Balaban J connectivity index is 1.91. The van der Waals surface area contributed by atoms with Crippen molar-refractivity contribution in [1.82, 2.24) is 10.6 Å². The van der Waals surface area contributed by atoms with Crippen molar-refractivity contribution in [2.24, 2.45) is 0 Å². The zero-order chi connectivity index (χ0) is 16.7. The second-order valence-corrected chi connectivity index (χ2v) is 5.15. The van der Waals surface area contributed by atoms with Crippen LogP contribution in [0.3, 0.4) is 0 Å². The molecule has 1 heterocycles. The Hall–Kier alpha value is -2.57. The van der Waals surface area contributed by atoms with Gasteiger partial charge in [-0.15, -0.1) is 0 Å². The number of rotatable bonds is 4. The number of amides is 2. The molecule has 0 radical (unpaired) electrons. The molecule has 0 aromatic heterocycles. The molecular formula is C16H20N2O5. The SMILES string of the molecule is CCOC(=O)Oc1ccc(C(=O)NC2CCCCC(=O)N2)cc1. The second kappa shape index (κ2) is 8.17. The summed E-state index contributed by atoms with van der Waals surface area (Å²) in [4.78, 5) is 34.9. The lowest BCUT2D eigenvalue weighted by molar-refractivity contribution is -0.121. The highest BCUT2D eigenvalue weighted by Crippen LogP contribution is 2.14. The van der Waals surface area contributed by atoms with E-state index in [-0.39, 0.29) is 24.6 Å². The van der Waals surface area contributed by atoms with Crippen LogP contribution in [-0.2, 0) is 9.53 Å². The third-order valence-electron chi connectivity index (χ3n) is 3.37. The first kappa shape index (κ1) is 16.8. The zero-order valence-corrected chi connectivity index (χ0v) is 13.0. The molecule has 1 atom stereocenters. The third kappa shape index (κ3) is 5.28. The minimum absolute atomic E-state index is 0.0500. The van der Waals surface area contributed by atoms with Crippen LogP contribution in [0.25, 0.3) is 0 Å². The molecule has 1 aliphatic heterocycles. The number of carbonyl (C=O) groups excluding carboxylic acids is 3. The molecule has 0 spiro atoms. The van der Waals surface area contributed by atoms with E-state index >= 15 is 0 Å². The normalized spacial score (nSPS) is 17.6. The van der Waals surface area contributed by atoms with E-state index in [9.17, 15) is 14.4 Å². The van der Waals surface area contributed by atoms with E-state index in [1.165, 1.54) is 12.1 Å². The Kier molecular flexibility index (Phi) is 5.96. The van der Waals surface area contributed by atoms with Crippen molar-refractivity contribution in [2.45, 2.75) is 38.8 Å². The van der Waals surface area contributed by atoms with E-state index in [0.29, 0.717) is 24.2 Å². The average molecular weight is 320 g/mol. The molecule has 0 bridgehead atoms. The van der Waals surface area contributed by atoms with Gasteiger partial charge in [-0.25, -0.2) is 4.79 Å². The van der Waals surface area contributed by atoms with Gasteiger partial charge in [-0.05, 0) is 50.5 Å². The highest BCUT2D eigenvalue weighted by atomic mass is 16.7. The Morgan fingerprint density at radius 1 is 1.26 bits per heavy atom. The highest BCUT2D eigenvalue weighted by Gasteiger charge is 2.18. The van der Waals surface area contributed by atoms with E-state index in [2.05, 4.69) is 15.4 Å². The van der Waals surface area contributed by atoms with Crippen LogP contribution in [0.4, 0.5) is 4.79 Å². The molecule has 2 amide bonds. The van der Waals surface area contributed by atoms with Crippen LogP contribution < -0.4 is 15.4 Å². The number of ether oxygens (including phenoxy) is 2. The lowest BCUT2D eigenvalue weighted by atomic mass is 10.1. The summed E-state index contributed by atoms with van der Waals surface area (Å²) in [5.41, 5.74) is 0.416. The number of hydrogen-bond donors (Lipinski definition) is 2. The summed E-state index contributed by atoms with van der Waals surface area (Å²) < 4.78 is 9.59. The van der Waals surface area contributed by atoms with Crippen molar-refractivity contribution < 1.29 is 23.9 Å². The van der Waals surface area contributed by atoms with Gasteiger partial charge in [0.25, 0.3) is 5.91 Å². The van der Waals surface area contributed by atoms with Crippen molar-refractivity contribution in [3.05, 3.63) is 29.8 Å². The topological polar surface area (TPSA) is 93.7 Å². The molecule has 0 aliphatic carbocycles. The monoisotopic (exact) mass is 320 g/mol. The number of benzene rings is 1. The molecule has 124 valence electrons. The molecule has 1 aromatic carbocycles. The van der Waals surface area contributed by atoms with Crippen LogP contribution in [0.5, 0.6) is 5.75 Å². The summed E-state index contributed by atoms with van der Waals surface area (Å²) in [5, 5.41) is 5.56. The summed E-state index contributed by atoms with van der Waals surface area (Å²) in [7, 11) is 0. The maximum atomic E-state index is 12.2.